The van der Waals surface area contributed by atoms with Crippen molar-refractivity contribution in [2.45, 2.75) is 32.5 Å². The summed E-state index contributed by atoms with van der Waals surface area (Å²) in [4.78, 5) is 0. The normalized spacial score (nSPS) is 12.8. The van der Waals surface area contributed by atoms with Crippen molar-refractivity contribution >= 4 is 0 Å². The fourth-order valence-electron chi connectivity index (χ4n) is 0.795. The van der Waals surface area contributed by atoms with Gasteiger partial charge >= 0.3 is 0 Å². The monoisotopic (exact) mass is 188 g/mol. The zero-order valence-corrected chi connectivity index (χ0v) is 8.37. The quantitative estimate of drug-likeness (QED) is 0.340. The molecule has 0 saturated heterocycles. The Hall–Kier alpha value is -0.380. The highest BCUT2D eigenvalue weighted by molar-refractivity contribution is 4.64. The second-order valence-electron chi connectivity index (χ2n) is 2.83. The molecule has 0 aromatic heterocycles. The molecule has 0 spiro atoms. The van der Waals surface area contributed by atoms with Crippen LogP contribution in [-0.2, 0) is 9.47 Å². The third kappa shape index (κ3) is 9.53. The van der Waals surface area contributed by atoms with Crippen molar-refractivity contribution in [3.8, 4) is 0 Å². The maximum Gasteiger partial charge on any atom is 0.157 e. The van der Waals surface area contributed by atoms with Gasteiger partial charge in [0.25, 0.3) is 0 Å². The van der Waals surface area contributed by atoms with Gasteiger partial charge in [0.2, 0.25) is 0 Å². The summed E-state index contributed by atoms with van der Waals surface area (Å²) in [5.74, 6) is 0. The van der Waals surface area contributed by atoms with Crippen LogP contribution in [0.1, 0.15) is 26.2 Å². The number of hydrogen-bond donors (Lipinski definition) is 1. The molecular weight excluding hydrogens is 168 g/mol. The fourth-order valence-corrected chi connectivity index (χ4v) is 0.795. The molecule has 1 unspecified atom stereocenters. The topological polar surface area (TPSA) is 38.7 Å². The van der Waals surface area contributed by atoms with E-state index in [4.69, 9.17) is 9.47 Å². The Bertz CT molecular complexity index is 115. The minimum atomic E-state index is -0.723. The third-order valence-electron chi connectivity index (χ3n) is 1.56. The molecule has 0 aliphatic rings. The standard InChI is InChI=1S/C10H20O3/c1-3-5-8-12-9-6-10(11)13-7-4-2/h4,10-11H,2-3,5-9H2,1H3. The first kappa shape index (κ1) is 12.6. The number of unbranched alkanes of at least 4 members (excludes halogenated alkanes) is 1. The summed E-state index contributed by atoms with van der Waals surface area (Å²) in [6.07, 6.45) is 3.62. The fraction of sp³-hybridized carbons (Fsp3) is 0.800. The van der Waals surface area contributed by atoms with Gasteiger partial charge in [-0.3, -0.25) is 0 Å². The lowest BCUT2D eigenvalue weighted by Crippen LogP contribution is -2.15. The first-order valence-electron chi connectivity index (χ1n) is 4.79. The average molecular weight is 188 g/mol. The Balaban J connectivity index is 3.07. The van der Waals surface area contributed by atoms with E-state index in [0.717, 1.165) is 19.4 Å². The average Bonchev–Trinajstić information content (AvgIpc) is 2.14. The van der Waals surface area contributed by atoms with Crippen LogP contribution < -0.4 is 0 Å². The Labute approximate surface area is 80.4 Å². The summed E-state index contributed by atoms with van der Waals surface area (Å²) in [5, 5.41) is 9.19. The molecule has 0 rings (SSSR count). The molecule has 78 valence electrons. The van der Waals surface area contributed by atoms with Gasteiger partial charge in [0, 0.05) is 13.0 Å². The molecule has 3 heteroatoms. The van der Waals surface area contributed by atoms with Crippen molar-refractivity contribution in [3.05, 3.63) is 12.7 Å². The van der Waals surface area contributed by atoms with E-state index in [9.17, 15) is 5.11 Å². The van der Waals surface area contributed by atoms with Gasteiger partial charge in [-0.2, -0.15) is 0 Å². The van der Waals surface area contributed by atoms with Crippen molar-refractivity contribution in [1.82, 2.24) is 0 Å². The molecule has 0 aliphatic carbocycles. The van der Waals surface area contributed by atoms with Gasteiger partial charge in [0.1, 0.15) is 0 Å². The molecular formula is C10H20O3. The number of aliphatic hydroxyl groups excluding tert-OH is 1. The Kier molecular flexibility index (Phi) is 9.42. The number of rotatable bonds is 9. The van der Waals surface area contributed by atoms with Crippen LogP contribution in [0.2, 0.25) is 0 Å². The molecule has 0 aliphatic heterocycles. The van der Waals surface area contributed by atoms with Crippen LogP contribution in [0.3, 0.4) is 0 Å². The SMILES string of the molecule is C=CCOC(O)CCOCCCC. The lowest BCUT2D eigenvalue weighted by molar-refractivity contribution is -0.103. The largest absolute Gasteiger partial charge is 0.381 e. The number of hydrogen-bond acceptors (Lipinski definition) is 3. The van der Waals surface area contributed by atoms with Gasteiger partial charge in [-0.05, 0) is 6.42 Å². The van der Waals surface area contributed by atoms with Gasteiger partial charge in [-0.1, -0.05) is 19.4 Å². The molecule has 3 nitrogen and oxygen atoms in total. The molecule has 1 atom stereocenters. The molecule has 0 saturated carbocycles. The van der Waals surface area contributed by atoms with Crippen LogP contribution >= 0.6 is 0 Å². The summed E-state index contributed by atoms with van der Waals surface area (Å²) < 4.78 is 10.2. The maximum absolute atomic E-state index is 9.19. The van der Waals surface area contributed by atoms with Crippen LogP contribution in [0.5, 0.6) is 0 Å². The van der Waals surface area contributed by atoms with E-state index in [0.29, 0.717) is 19.6 Å². The molecule has 13 heavy (non-hydrogen) atoms. The highest BCUT2D eigenvalue weighted by Crippen LogP contribution is 1.96. The number of ether oxygens (including phenoxy) is 2. The van der Waals surface area contributed by atoms with Crippen molar-refractivity contribution in [2.75, 3.05) is 19.8 Å². The highest BCUT2D eigenvalue weighted by atomic mass is 16.6. The summed E-state index contributed by atoms with van der Waals surface area (Å²) in [6.45, 7) is 7.31. The smallest absolute Gasteiger partial charge is 0.157 e. The van der Waals surface area contributed by atoms with Crippen LogP contribution in [-0.4, -0.2) is 31.2 Å². The van der Waals surface area contributed by atoms with Crippen molar-refractivity contribution in [2.24, 2.45) is 0 Å². The van der Waals surface area contributed by atoms with Crippen LogP contribution in [0, 0.1) is 0 Å². The van der Waals surface area contributed by atoms with Crippen molar-refractivity contribution in [3.63, 3.8) is 0 Å². The first-order valence-corrected chi connectivity index (χ1v) is 4.79. The van der Waals surface area contributed by atoms with E-state index in [1.807, 2.05) is 0 Å². The molecule has 0 heterocycles. The molecule has 0 aromatic carbocycles. The second kappa shape index (κ2) is 9.71. The predicted molar refractivity (Wildman–Crippen MR) is 52.5 cm³/mol. The molecule has 0 aromatic rings. The zero-order valence-electron chi connectivity index (χ0n) is 8.37. The summed E-state index contributed by atoms with van der Waals surface area (Å²) >= 11 is 0. The molecule has 1 N–H and O–H groups in total. The minimum absolute atomic E-state index is 0.385. The van der Waals surface area contributed by atoms with Crippen LogP contribution in [0.15, 0.2) is 12.7 Å². The molecule has 0 bridgehead atoms. The highest BCUT2D eigenvalue weighted by Gasteiger charge is 2.01. The van der Waals surface area contributed by atoms with Gasteiger partial charge in [-0.25, -0.2) is 0 Å². The van der Waals surface area contributed by atoms with Gasteiger partial charge in [0.15, 0.2) is 6.29 Å². The Morgan fingerprint density at radius 3 is 2.85 bits per heavy atom. The van der Waals surface area contributed by atoms with Gasteiger partial charge in [-0.15, -0.1) is 6.58 Å². The second-order valence-corrected chi connectivity index (χ2v) is 2.83. The van der Waals surface area contributed by atoms with E-state index < -0.39 is 6.29 Å². The Morgan fingerprint density at radius 1 is 1.46 bits per heavy atom. The maximum atomic E-state index is 9.19. The lowest BCUT2D eigenvalue weighted by atomic mass is 10.3. The summed E-state index contributed by atoms with van der Waals surface area (Å²) in [6, 6.07) is 0. The van der Waals surface area contributed by atoms with Crippen LogP contribution in [0.4, 0.5) is 0 Å². The van der Waals surface area contributed by atoms with E-state index in [1.165, 1.54) is 0 Å². The lowest BCUT2D eigenvalue weighted by Gasteiger charge is -2.10. The molecule has 0 radical (unpaired) electrons. The Morgan fingerprint density at radius 2 is 2.23 bits per heavy atom. The molecule has 0 fully saturated rings. The van der Waals surface area contributed by atoms with Crippen molar-refractivity contribution in [1.29, 1.82) is 0 Å². The predicted octanol–water partition coefficient (Wildman–Crippen LogP) is 1.71. The van der Waals surface area contributed by atoms with E-state index in [1.54, 1.807) is 6.08 Å². The van der Waals surface area contributed by atoms with Crippen LogP contribution in [0.25, 0.3) is 0 Å². The zero-order chi connectivity index (χ0) is 9.94. The van der Waals surface area contributed by atoms with Crippen molar-refractivity contribution < 1.29 is 14.6 Å². The first-order chi connectivity index (χ1) is 6.31. The van der Waals surface area contributed by atoms with E-state index in [2.05, 4.69) is 13.5 Å². The summed E-state index contributed by atoms with van der Waals surface area (Å²) in [5.41, 5.74) is 0. The molecule has 0 amide bonds. The third-order valence-corrected chi connectivity index (χ3v) is 1.56. The number of aliphatic hydroxyl groups is 1. The van der Waals surface area contributed by atoms with Gasteiger partial charge in [0.05, 0.1) is 13.2 Å². The van der Waals surface area contributed by atoms with E-state index >= 15 is 0 Å². The van der Waals surface area contributed by atoms with E-state index in [-0.39, 0.29) is 0 Å². The van der Waals surface area contributed by atoms with Gasteiger partial charge < -0.3 is 14.6 Å². The minimum Gasteiger partial charge on any atom is -0.381 e. The summed E-state index contributed by atoms with van der Waals surface area (Å²) in [7, 11) is 0.